The molecule has 0 unspecified atom stereocenters. The van der Waals surface area contributed by atoms with Gasteiger partial charge in [0, 0.05) is 33.2 Å². The van der Waals surface area contributed by atoms with E-state index < -0.39 is 0 Å². The van der Waals surface area contributed by atoms with E-state index >= 15 is 0 Å². The highest BCUT2D eigenvalue weighted by Gasteiger charge is 2.17. The lowest BCUT2D eigenvalue weighted by Gasteiger charge is -2.14. The van der Waals surface area contributed by atoms with E-state index in [1.54, 1.807) is 0 Å². The van der Waals surface area contributed by atoms with Gasteiger partial charge >= 0.3 is 0 Å². The molecule has 0 fully saturated rings. The number of nitrogens with zero attached hydrogens (tertiary/aromatic N) is 4. The van der Waals surface area contributed by atoms with Crippen LogP contribution in [0.4, 0.5) is 0 Å². The van der Waals surface area contributed by atoms with Crippen molar-refractivity contribution >= 4 is 54.1 Å². The van der Waals surface area contributed by atoms with Crippen LogP contribution in [0.1, 0.15) is 0 Å². The highest BCUT2D eigenvalue weighted by molar-refractivity contribution is 6.23. The second-order valence-electron chi connectivity index (χ2n) is 12.4. The summed E-state index contributed by atoms with van der Waals surface area (Å²) in [5, 5.41) is 9.66. The van der Waals surface area contributed by atoms with Crippen LogP contribution < -0.4 is 0 Å². The standard InChI is InChI=1S/C45H28N4/c1-2-13-30(14-3-1)43-46-44(31-24-26-33(27-25-31)49-40-20-10-8-17-36(40)37-18-9-11-21-41(37)49)48-45(47-43)39-28-32-23-22-29-12-4-5-15-34(29)42(32)38-19-7-6-16-35(38)39/h1-28H. The van der Waals surface area contributed by atoms with Crippen molar-refractivity contribution in [2.75, 3.05) is 0 Å². The molecule has 0 amide bonds. The minimum absolute atomic E-state index is 0.639. The number of fused-ring (bicyclic) bond motifs is 8. The molecule has 10 aromatic rings. The smallest absolute Gasteiger partial charge is 0.164 e. The van der Waals surface area contributed by atoms with Crippen LogP contribution in [0, 0.1) is 0 Å². The molecule has 4 heteroatoms. The largest absolute Gasteiger partial charge is 0.309 e. The quantitative estimate of drug-likeness (QED) is 0.183. The van der Waals surface area contributed by atoms with Gasteiger partial charge in [-0.25, -0.2) is 15.0 Å². The first-order chi connectivity index (χ1) is 24.3. The van der Waals surface area contributed by atoms with Crippen molar-refractivity contribution in [1.82, 2.24) is 19.5 Å². The van der Waals surface area contributed by atoms with Gasteiger partial charge in [-0.1, -0.05) is 127 Å². The monoisotopic (exact) mass is 624 g/mol. The SMILES string of the molecule is c1ccc(-c2nc(-c3ccc(-n4c5ccccc5c5ccccc54)cc3)nc(-c3cc4ccc5ccccc5c4c4ccccc34)n2)cc1. The lowest BCUT2D eigenvalue weighted by molar-refractivity contribution is 1.08. The van der Waals surface area contributed by atoms with E-state index in [2.05, 4.69) is 156 Å². The zero-order valence-corrected chi connectivity index (χ0v) is 26.5. The molecule has 0 radical (unpaired) electrons. The normalized spacial score (nSPS) is 11.7. The van der Waals surface area contributed by atoms with Crippen LogP contribution in [0.15, 0.2) is 170 Å². The Morgan fingerprint density at radius 1 is 0.347 bits per heavy atom. The van der Waals surface area contributed by atoms with Crippen molar-refractivity contribution in [3.63, 3.8) is 0 Å². The van der Waals surface area contributed by atoms with Crippen LogP contribution >= 0.6 is 0 Å². The highest BCUT2D eigenvalue weighted by Crippen LogP contribution is 2.38. The predicted octanol–water partition coefficient (Wildman–Crippen LogP) is 11.4. The van der Waals surface area contributed by atoms with Crippen LogP contribution in [0.3, 0.4) is 0 Å². The van der Waals surface area contributed by atoms with Gasteiger partial charge in [-0.2, -0.15) is 0 Å². The summed E-state index contributed by atoms with van der Waals surface area (Å²) in [6, 6.07) is 59.7. The maximum atomic E-state index is 5.18. The molecule has 0 N–H and O–H groups in total. The van der Waals surface area contributed by atoms with E-state index in [-0.39, 0.29) is 0 Å². The molecule has 4 nitrogen and oxygen atoms in total. The fraction of sp³-hybridized carbons (Fsp3) is 0. The Balaban J connectivity index is 1.17. The molecule has 2 aromatic heterocycles. The lowest BCUT2D eigenvalue weighted by atomic mass is 9.93. The first-order valence-electron chi connectivity index (χ1n) is 16.5. The molecule has 0 spiro atoms. The van der Waals surface area contributed by atoms with Crippen molar-refractivity contribution in [2.24, 2.45) is 0 Å². The van der Waals surface area contributed by atoms with Gasteiger partial charge in [0.05, 0.1) is 11.0 Å². The van der Waals surface area contributed by atoms with Crippen LogP contribution in [0.5, 0.6) is 0 Å². The summed E-state index contributed by atoms with van der Waals surface area (Å²) in [6.07, 6.45) is 0. The molecule has 0 aliphatic rings. The minimum atomic E-state index is 0.639. The zero-order chi connectivity index (χ0) is 32.3. The number of para-hydroxylation sites is 2. The molecule has 2 heterocycles. The first kappa shape index (κ1) is 27.5. The van der Waals surface area contributed by atoms with Gasteiger partial charge in [0.1, 0.15) is 0 Å². The van der Waals surface area contributed by atoms with Gasteiger partial charge in [0.2, 0.25) is 0 Å². The van der Waals surface area contributed by atoms with E-state index in [1.807, 2.05) is 18.2 Å². The Kier molecular flexibility index (Phi) is 6.15. The molecule has 0 bridgehead atoms. The summed E-state index contributed by atoms with van der Waals surface area (Å²) < 4.78 is 2.33. The minimum Gasteiger partial charge on any atom is -0.309 e. The third kappa shape index (κ3) is 4.42. The lowest BCUT2D eigenvalue weighted by Crippen LogP contribution is -2.01. The van der Waals surface area contributed by atoms with Crippen molar-refractivity contribution in [3.05, 3.63) is 170 Å². The molecule has 0 atom stereocenters. The molecule has 0 saturated carbocycles. The maximum Gasteiger partial charge on any atom is 0.164 e. The van der Waals surface area contributed by atoms with E-state index in [9.17, 15) is 0 Å². The number of hydrogen-bond acceptors (Lipinski definition) is 3. The van der Waals surface area contributed by atoms with Crippen LogP contribution in [0.25, 0.3) is 94.0 Å². The highest BCUT2D eigenvalue weighted by atomic mass is 15.0. The van der Waals surface area contributed by atoms with Gasteiger partial charge in [0.25, 0.3) is 0 Å². The molecule has 10 rings (SSSR count). The van der Waals surface area contributed by atoms with E-state index in [1.165, 1.54) is 43.4 Å². The molecule has 0 aliphatic heterocycles. The van der Waals surface area contributed by atoms with Crippen LogP contribution in [-0.2, 0) is 0 Å². The summed E-state index contributed by atoms with van der Waals surface area (Å²) in [5.74, 6) is 1.94. The molecule has 8 aromatic carbocycles. The third-order valence-corrected chi connectivity index (χ3v) is 9.62. The van der Waals surface area contributed by atoms with E-state index in [4.69, 9.17) is 15.0 Å². The number of rotatable bonds is 4. The fourth-order valence-corrected chi connectivity index (χ4v) is 7.37. The topological polar surface area (TPSA) is 43.6 Å². The van der Waals surface area contributed by atoms with E-state index in [0.29, 0.717) is 17.5 Å². The fourth-order valence-electron chi connectivity index (χ4n) is 7.37. The number of benzene rings is 8. The average Bonchev–Trinajstić information content (AvgIpc) is 3.52. The number of aromatic nitrogens is 4. The van der Waals surface area contributed by atoms with Crippen molar-refractivity contribution in [2.45, 2.75) is 0 Å². The van der Waals surface area contributed by atoms with Gasteiger partial charge in [-0.3, -0.25) is 0 Å². The average molecular weight is 625 g/mol. The van der Waals surface area contributed by atoms with Crippen LogP contribution in [0.2, 0.25) is 0 Å². The maximum absolute atomic E-state index is 5.18. The Bertz CT molecular complexity index is 2820. The summed E-state index contributed by atoms with van der Waals surface area (Å²) in [6.45, 7) is 0. The number of hydrogen-bond donors (Lipinski definition) is 0. The molecular formula is C45H28N4. The van der Waals surface area contributed by atoms with Crippen molar-refractivity contribution in [1.29, 1.82) is 0 Å². The molecule has 228 valence electrons. The summed E-state index contributed by atoms with van der Waals surface area (Å²) >= 11 is 0. The second-order valence-corrected chi connectivity index (χ2v) is 12.4. The predicted molar refractivity (Wildman–Crippen MR) is 203 cm³/mol. The van der Waals surface area contributed by atoms with Gasteiger partial charge in [-0.05, 0) is 74.8 Å². The Labute approximate surface area is 282 Å². The summed E-state index contributed by atoms with van der Waals surface area (Å²) in [5.41, 5.74) is 6.32. The van der Waals surface area contributed by atoms with E-state index in [0.717, 1.165) is 33.2 Å². The summed E-state index contributed by atoms with van der Waals surface area (Å²) in [7, 11) is 0. The Hall–Kier alpha value is -6.65. The van der Waals surface area contributed by atoms with Gasteiger partial charge in [0.15, 0.2) is 17.5 Å². The van der Waals surface area contributed by atoms with Gasteiger partial charge in [-0.15, -0.1) is 0 Å². The first-order valence-corrected chi connectivity index (χ1v) is 16.5. The third-order valence-electron chi connectivity index (χ3n) is 9.62. The van der Waals surface area contributed by atoms with Crippen molar-refractivity contribution in [3.8, 4) is 39.9 Å². The Morgan fingerprint density at radius 2 is 0.857 bits per heavy atom. The van der Waals surface area contributed by atoms with Gasteiger partial charge < -0.3 is 4.57 Å². The zero-order valence-electron chi connectivity index (χ0n) is 26.5. The van der Waals surface area contributed by atoms with Crippen LogP contribution in [-0.4, -0.2) is 19.5 Å². The molecular weight excluding hydrogens is 597 g/mol. The van der Waals surface area contributed by atoms with Crippen molar-refractivity contribution < 1.29 is 0 Å². The second kappa shape index (κ2) is 11.0. The molecule has 0 aliphatic carbocycles. The Morgan fingerprint density at radius 3 is 1.55 bits per heavy atom. The summed E-state index contributed by atoms with van der Waals surface area (Å²) in [4.78, 5) is 15.3. The molecule has 49 heavy (non-hydrogen) atoms. The molecule has 0 saturated heterocycles.